The van der Waals surface area contributed by atoms with Gasteiger partial charge in [0.15, 0.2) is 0 Å². The highest BCUT2D eigenvalue weighted by Crippen LogP contribution is 2.27. The van der Waals surface area contributed by atoms with Crippen molar-refractivity contribution in [2.75, 3.05) is 13.1 Å². The Balaban J connectivity index is 1.79. The summed E-state index contributed by atoms with van der Waals surface area (Å²) < 4.78 is 13.2. The standard InChI is InChI=1S/C15H18ClFN2O/c16-11-9-10(5-6-12(11)17)15(20)19-8-2-4-14(19)13-3-1-7-18-13/h5-6,9,13-14,18H,1-4,7-8H2. The van der Waals surface area contributed by atoms with Crippen LogP contribution >= 0.6 is 11.6 Å². The number of nitrogens with zero attached hydrogens (tertiary/aromatic N) is 1. The third-order valence-electron chi connectivity index (χ3n) is 4.29. The molecule has 1 aromatic carbocycles. The smallest absolute Gasteiger partial charge is 0.254 e. The van der Waals surface area contributed by atoms with Crippen LogP contribution < -0.4 is 5.32 Å². The zero-order valence-corrected chi connectivity index (χ0v) is 12.0. The van der Waals surface area contributed by atoms with Crippen molar-refractivity contribution in [1.29, 1.82) is 0 Å². The second-order valence-electron chi connectivity index (χ2n) is 5.54. The maximum Gasteiger partial charge on any atom is 0.254 e. The molecular weight excluding hydrogens is 279 g/mol. The first kappa shape index (κ1) is 13.8. The molecule has 3 rings (SSSR count). The molecule has 1 N–H and O–H groups in total. The van der Waals surface area contributed by atoms with Crippen LogP contribution in [0, 0.1) is 5.82 Å². The minimum atomic E-state index is -0.487. The zero-order valence-electron chi connectivity index (χ0n) is 11.2. The van der Waals surface area contributed by atoms with Gasteiger partial charge in [-0.15, -0.1) is 0 Å². The van der Waals surface area contributed by atoms with Gasteiger partial charge in [-0.2, -0.15) is 0 Å². The Bertz CT molecular complexity index is 517. The van der Waals surface area contributed by atoms with Crippen LogP contribution in [-0.4, -0.2) is 36.0 Å². The van der Waals surface area contributed by atoms with Crippen molar-refractivity contribution in [3.8, 4) is 0 Å². The average molecular weight is 297 g/mol. The third kappa shape index (κ3) is 2.54. The van der Waals surface area contributed by atoms with E-state index in [-0.39, 0.29) is 17.0 Å². The van der Waals surface area contributed by atoms with E-state index in [0.29, 0.717) is 11.6 Å². The zero-order chi connectivity index (χ0) is 14.1. The summed E-state index contributed by atoms with van der Waals surface area (Å²) in [5.74, 6) is -0.526. The Morgan fingerprint density at radius 2 is 2.20 bits per heavy atom. The normalized spacial score (nSPS) is 26.2. The summed E-state index contributed by atoms with van der Waals surface area (Å²) in [6.07, 6.45) is 4.37. The number of benzene rings is 1. The second kappa shape index (κ2) is 5.70. The van der Waals surface area contributed by atoms with Crippen LogP contribution in [0.5, 0.6) is 0 Å². The number of hydrogen-bond acceptors (Lipinski definition) is 2. The molecule has 108 valence electrons. The van der Waals surface area contributed by atoms with Crippen molar-refractivity contribution in [2.45, 2.75) is 37.8 Å². The molecule has 2 aliphatic heterocycles. The molecule has 2 fully saturated rings. The van der Waals surface area contributed by atoms with Crippen LogP contribution in [0.15, 0.2) is 18.2 Å². The number of hydrogen-bond donors (Lipinski definition) is 1. The summed E-state index contributed by atoms with van der Waals surface area (Å²) in [6, 6.07) is 4.86. The van der Waals surface area contributed by atoms with Crippen LogP contribution in [0.4, 0.5) is 4.39 Å². The fourth-order valence-corrected chi connectivity index (χ4v) is 3.48. The van der Waals surface area contributed by atoms with Gasteiger partial charge in [0.25, 0.3) is 5.91 Å². The Kier molecular flexibility index (Phi) is 3.94. The fourth-order valence-electron chi connectivity index (χ4n) is 3.30. The second-order valence-corrected chi connectivity index (χ2v) is 5.95. The lowest BCUT2D eigenvalue weighted by Gasteiger charge is -2.29. The van der Waals surface area contributed by atoms with E-state index >= 15 is 0 Å². The Labute approximate surface area is 123 Å². The largest absolute Gasteiger partial charge is 0.334 e. The fraction of sp³-hybridized carbons (Fsp3) is 0.533. The maximum atomic E-state index is 13.2. The summed E-state index contributed by atoms with van der Waals surface area (Å²) in [5.41, 5.74) is 0.473. The summed E-state index contributed by atoms with van der Waals surface area (Å²) in [4.78, 5) is 14.5. The third-order valence-corrected chi connectivity index (χ3v) is 4.58. The monoisotopic (exact) mass is 296 g/mol. The van der Waals surface area contributed by atoms with E-state index in [0.717, 1.165) is 32.4 Å². The van der Waals surface area contributed by atoms with Gasteiger partial charge in [-0.25, -0.2) is 4.39 Å². The van der Waals surface area contributed by atoms with Gasteiger partial charge in [-0.05, 0) is 50.4 Å². The Hall–Kier alpha value is -1.13. The molecule has 0 aliphatic carbocycles. The first-order chi connectivity index (χ1) is 9.66. The number of halogens is 2. The SMILES string of the molecule is O=C(c1ccc(F)c(Cl)c1)N1CCCC1C1CCCN1. The molecule has 1 aromatic rings. The lowest BCUT2D eigenvalue weighted by atomic mass is 10.0. The molecule has 0 spiro atoms. The maximum absolute atomic E-state index is 13.2. The summed E-state index contributed by atoms with van der Waals surface area (Å²) in [6.45, 7) is 1.81. The molecule has 0 aromatic heterocycles. The minimum absolute atomic E-state index is 0.00517. The minimum Gasteiger partial charge on any atom is -0.334 e. The molecule has 0 radical (unpaired) electrons. The van der Waals surface area contributed by atoms with Crippen molar-refractivity contribution in [1.82, 2.24) is 10.2 Å². The quantitative estimate of drug-likeness (QED) is 0.910. The lowest BCUT2D eigenvalue weighted by Crippen LogP contribution is -2.46. The molecule has 3 nitrogen and oxygen atoms in total. The summed E-state index contributed by atoms with van der Waals surface area (Å²) in [5, 5.41) is 3.48. The molecule has 0 bridgehead atoms. The molecule has 5 heteroatoms. The average Bonchev–Trinajstić information content (AvgIpc) is 3.10. The molecule has 2 heterocycles. The van der Waals surface area contributed by atoms with Crippen molar-refractivity contribution in [3.05, 3.63) is 34.6 Å². The number of rotatable bonds is 2. The van der Waals surface area contributed by atoms with Gasteiger partial charge in [0.05, 0.1) is 5.02 Å². The van der Waals surface area contributed by atoms with Crippen molar-refractivity contribution < 1.29 is 9.18 Å². The van der Waals surface area contributed by atoms with E-state index in [1.807, 2.05) is 4.90 Å². The molecule has 20 heavy (non-hydrogen) atoms. The number of amides is 1. The Morgan fingerprint density at radius 1 is 1.35 bits per heavy atom. The van der Waals surface area contributed by atoms with Crippen LogP contribution in [-0.2, 0) is 0 Å². The van der Waals surface area contributed by atoms with E-state index in [9.17, 15) is 9.18 Å². The highest BCUT2D eigenvalue weighted by molar-refractivity contribution is 6.31. The van der Waals surface area contributed by atoms with Crippen molar-refractivity contribution in [2.24, 2.45) is 0 Å². The van der Waals surface area contributed by atoms with E-state index < -0.39 is 5.82 Å². The molecule has 2 aliphatic rings. The predicted molar refractivity (Wildman–Crippen MR) is 76.5 cm³/mol. The first-order valence-electron chi connectivity index (χ1n) is 7.16. The van der Waals surface area contributed by atoms with E-state index in [1.54, 1.807) is 0 Å². The summed E-state index contributed by atoms with van der Waals surface area (Å²) >= 11 is 5.77. The van der Waals surface area contributed by atoms with Gasteiger partial charge in [0.1, 0.15) is 5.82 Å². The molecule has 2 saturated heterocycles. The van der Waals surface area contributed by atoms with Gasteiger partial charge in [0, 0.05) is 24.2 Å². The topological polar surface area (TPSA) is 32.3 Å². The van der Waals surface area contributed by atoms with Crippen LogP contribution in [0.3, 0.4) is 0 Å². The van der Waals surface area contributed by atoms with Gasteiger partial charge in [-0.3, -0.25) is 4.79 Å². The van der Waals surface area contributed by atoms with Gasteiger partial charge < -0.3 is 10.2 Å². The lowest BCUT2D eigenvalue weighted by molar-refractivity contribution is 0.0711. The number of carbonyl (C=O) groups is 1. The van der Waals surface area contributed by atoms with Gasteiger partial charge in [0.2, 0.25) is 0 Å². The summed E-state index contributed by atoms with van der Waals surface area (Å²) in [7, 11) is 0. The van der Waals surface area contributed by atoms with Crippen LogP contribution in [0.1, 0.15) is 36.0 Å². The first-order valence-corrected chi connectivity index (χ1v) is 7.54. The van der Waals surface area contributed by atoms with Crippen molar-refractivity contribution >= 4 is 17.5 Å². The number of carbonyl (C=O) groups excluding carboxylic acids is 1. The van der Waals surface area contributed by atoms with E-state index in [2.05, 4.69) is 5.32 Å². The highest BCUT2D eigenvalue weighted by Gasteiger charge is 2.36. The van der Waals surface area contributed by atoms with Gasteiger partial charge >= 0.3 is 0 Å². The number of nitrogens with one attached hydrogen (secondary N) is 1. The molecule has 2 unspecified atom stereocenters. The molecule has 2 atom stereocenters. The van der Waals surface area contributed by atoms with E-state index in [4.69, 9.17) is 11.6 Å². The molecular formula is C15H18ClFN2O. The van der Waals surface area contributed by atoms with Crippen LogP contribution in [0.2, 0.25) is 5.02 Å². The molecule has 1 amide bonds. The predicted octanol–water partition coefficient (Wildman–Crippen LogP) is 2.84. The van der Waals surface area contributed by atoms with E-state index in [1.165, 1.54) is 24.6 Å². The number of likely N-dealkylation sites (tertiary alicyclic amines) is 1. The van der Waals surface area contributed by atoms with Gasteiger partial charge in [-0.1, -0.05) is 11.6 Å². The highest BCUT2D eigenvalue weighted by atomic mass is 35.5. The van der Waals surface area contributed by atoms with Crippen molar-refractivity contribution in [3.63, 3.8) is 0 Å². The Morgan fingerprint density at radius 3 is 2.90 bits per heavy atom. The molecule has 0 saturated carbocycles. The van der Waals surface area contributed by atoms with Crippen LogP contribution in [0.25, 0.3) is 0 Å².